The second kappa shape index (κ2) is 6.13. The third-order valence-corrected chi connectivity index (χ3v) is 3.97. The summed E-state index contributed by atoms with van der Waals surface area (Å²) < 4.78 is 0. The number of piperidine rings is 1. The van der Waals surface area contributed by atoms with Crippen molar-refractivity contribution in [3.63, 3.8) is 0 Å². The molecular weight excluding hydrogens is 250 g/mol. The summed E-state index contributed by atoms with van der Waals surface area (Å²) in [6.07, 6.45) is 4.50. The monoisotopic (exact) mass is 267 g/mol. The molecule has 1 fully saturated rings. The molecule has 1 aromatic rings. The Morgan fingerprint density at radius 1 is 1.56 bits per heavy atom. The maximum atomic E-state index is 10.4. The molecule has 0 aromatic carbocycles. The van der Waals surface area contributed by atoms with Crippen molar-refractivity contribution in [2.24, 2.45) is 0 Å². The molecule has 2 heterocycles. The summed E-state index contributed by atoms with van der Waals surface area (Å²) >= 11 is 1.60. The highest BCUT2D eigenvalue weighted by atomic mass is 32.1. The van der Waals surface area contributed by atoms with Gasteiger partial charge in [0.15, 0.2) is 0 Å². The molecule has 0 saturated carbocycles. The Morgan fingerprint density at radius 2 is 2.39 bits per heavy atom. The van der Waals surface area contributed by atoms with E-state index in [1.165, 1.54) is 4.88 Å². The van der Waals surface area contributed by atoms with Gasteiger partial charge in [-0.2, -0.15) is 0 Å². The van der Waals surface area contributed by atoms with Gasteiger partial charge < -0.3 is 10.2 Å². The second-order valence-electron chi connectivity index (χ2n) is 4.51. The van der Waals surface area contributed by atoms with E-state index < -0.39 is 5.97 Å². The summed E-state index contributed by atoms with van der Waals surface area (Å²) in [4.78, 5) is 14.8. The number of aliphatic hydroxyl groups is 1. The van der Waals surface area contributed by atoms with Gasteiger partial charge in [0.05, 0.1) is 6.10 Å². The lowest BCUT2D eigenvalue weighted by Crippen LogP contribution is -2.37. The van der Waals surface area contributed by atoms with Crippen molar-refractivity contribution in [3.05, 3.63) is 28.0 Å². The number of hydrogen-bond acceptors (Lipinski definition) is 4. The molecule has 1 aliphatic heterocycles. The van der Waals surface area contributed by atoms with Gasteiger partial charge in [0.2, 0.25) is 0 Å². The summed E-state index contributed by atoms with van der Waals surface area (Å²) in [5.74, 6) is -0.927. The number of carboxylic acids is 1. The Hall–Kier alpha value is -1.17. The van der Waals surface area contributed by atoms with Crippen LogP contribution in [0.5, 0.6) is 0 Å². The van der Waals surface area contributed by atoms with Crippen LogP contribution in [-0.2, 0) is 11.3 Å². The fourth-order valence-electron chi connectivity index (χ4n) is 2.12. The maximum Gasteiger partial charge on any atom is 0.328 e. The van der Waals surface area contributed by atoms with Crippen molar-refractivity contribution in [2.45, 2.75) is 25.5 Å². The summed E-state index contributed by atoms with van der Waals surface area (Å²) in [6, 6.07) is 3.95. The number of β-amino-alcohol motifs (C(OH)–C–C–N with tert-alkyl or cyclic N) is 1. The number of carbonyl (C=O) groups is 1. The summed E-state index contributed by atoms with van der Waals surface area (Å²) in [6.45, 7) is 2.59. The zero-order valence-corrected chi connectivity index (χ0v) is 10.9. The van der Waals surface area contributed by atoms with Gasteiger partial charge in [0.1, 0.15) is 0 Å². The third kappa shape index (κ3) is 3.94. The molecule has 1 unspecified atom stereocenters. The van der Waals surface area contributed by atoms with E-state index in [0.29, 0.717) is 0 Å². The first kappa shape index (κ1) is 13.3. The third-order valence-electron chi connectivity index (χ3n) is 2.93. The van der Waals surface area contributed by atoms with Crippen LogP contribution in [0.15, 0.2) is 18.2 Å². The van der Waals surface area contributed by atoms with E-state index in [-0.39, 0.29) is 6.10 Å². The highest BCUT2D eigenvalue weighted by molar-refractivity contribution is 7.12. The molecule has 0 spiro atoms. The van der Waals surface area contributed by atoms with Crippen molar-refractivity contribution in [1.82, 2.24) is 4.90 Å². The Kier molecular flexibility index (Phi) is 4.52. The molecular formula is C13H17NO3S. The standard InChI is InChI=1S/C13H17NO3S/c15-10-2-1-7-14(8-10)9-12-4-3-11(18-12)5-6-13(16)17/h3-6,10,15H,1-2,7-9H2,(H,16,17)/b6-5+. The fourth-order valence-corrected chi connectivity index (χ4v) is 3.08. The number of aliphatic hydroxyl groups excluding tert-OH is 1. The lowest BCUT2D eigenvalue weighted by atomic mass is 10.1. The Labute approximate surface area is 110 Å². The van der Waals surface area contributed by atoms with Gasteiger partial charge in [0.25, 0.3) is 0 Å². The predicted molar refractivity (Wildman–Crippen MR) is 71.5 cm³/mol. The van der Waals surface area contributed by atoms with Crippen molar-refractivity contribution in [3.8, 4) is 0 Å². The highest BCUT2D eigenvalue weighted by Crippen LogP contribution is 2.21. The van der Waals surface area contributed by atoms with Crippen LogP contribution in [-0.4, -0.2) is 40.3 Å². The van der Waals surface area contributed by atoms with Crippen LogP contribution in [0.1, 0.15) is 22.6 Å². The van der Waals surface area contributed by atoms with Crippen LogP contribution in [0.25, 0.3) is 6.08 Å². The minimum atomic E-state index is -0.927. The zero-order valence-electron chi connectivity index (χ0n) is 10.1. The first-order valence-corrected chi connectivity index (χ1v) is 6.85. The first-order chi connectivity index (χ1) is 8.63. The zero-order chi connectivity index (χ0) is 13.0. The number of nitrogens with zero attached hydrogens (tertiary/aromatic N) is 1. The number of rotatable bonds is 4. The first-order valence-electron chi connectivity index (χ1n) is 6.03. The van der Waals surface area contributed by atoms with E-state index in [9.17, 15) is 9.90 Å². The SMILES string of the molecule is O=C(O)/C=C/c1ccc(CN2CCCC(O)C2)s1. The maximum absolute atomic E-state index is 10.4. The van der Waals surface area contributed by atoms with Crippen LogP contribution < -0.4 is 0 Å². The minimum Gasteiger partial charge on any atom is -0.478 e. The lowest BCUT2D eigenvalue weighted by Gasteiger charge is -2.29. The van der Waals surface area contributed by atoms with Crippen molar-refractivity contribution >= 4 is 23.4 Å². The molecule has 1 aliphatic rings. The molecule has 0 radical (unpaired) electrons. The summed E-state index contributed by atoms with van der Waals surface area (Å²) in [7, 11) is 0. The molecule has 4 nitrogen and oxygen atoms in total. The van der Waals surface area contributed by atoms with E-state index in [4.69, 9.17) is 5.11 Å². The molecule has 5 heteroatoms. The van der Waals surface area contributed by atoms with Gasteiger partial charge in [-0.05, 0) is 37.6 Å². The van der Waals surface area contributed by atoms with E-state index in [1.54, 1.807) is 17.4 Å². The topological polar surface area (TPSA) is 60.8 Å². The average Bonchev–Trinajstić information content (AvgIpc) is 2.74. The second-order valence-corrected chi connectivity index (χ2v) is 5.71. The van der Waals surface area contributed by atoms with Crippen molar-refractivity contribution in [2.75, 3.05) is 13.1 Å². The average molecular weight is 267 g/mol. The smallest absolute Gasteiger partial charge is 0.328 e. The molecule has 1 aromatic heterocycles. The normalized spacial score (nSPS) is 21.5. The van der Waals surface area contributed by atoms with Crippen LogP contribution in [0.4, 0.5) is 0 Å². The summed E-state index contributed by atoms with van der Waals surface area (Å²) in [5, 5.41) is 18.1. The molecule has 98 valence electrons. The Bertz CT molecular complexity index is 441. The summed E-state index contributed by atoms with van der Waals surface area (Å²) in [5.41, 5.74) is 0. The van der Waals surface area contributed by atoms with Crippen LogP contribution >= 0.6 is 11.3 Å². The van der Waals surface area contributed by atoms with E-state index >= 15 is 0 Å². The van der Waals surface area contributed by atoms with Gasteiger partial charge in [-0.3, -0.25) is 4.90 Å². The number of thiophene rings is 1. The fraction of sp³-hybridized carbons (Fsp3) is 0.462. The molecule has 1 atom stereocenters. The molecule has 18 heavy (non-hydrogen) atoms. The Balaban J connectivity index is 1.91. The van der Waals surface area contributed by atoms with Gasteiger partial charge in [-0.15, -0.1) is 11.3 Å². The largest absolute Gasteiger partial charge is 0.478 e. The highest BCUT2D eigenvalue weighted by Gasteiger charge is 2.17. The van der Waals surface area contributed by atoms with Gasteiger partial charge >= 0.3 is 5.97 Å². The molecule has 1 saturated heterocycles. The molecule has 0 aliphatic carbocycles. The van der Waals surface area contributed by atoms with Crippen LogP contribution in [0.2, 0.25) is 0 Å². The molecule has 2 N–H and O–H groups in total. The predicted octanol–water partition coefficient (Wildman–Crippen LogP) is 1.80. The van der Waals surface area contributed by atoms with E-state index in [2.05, 4.69) is 4.90 Å². The van der Waals surface area contributed by atoms with Gasteiger partial charge in [0, 0.05) is 28.9 Å². The lowest BCUT2D eigenvalue weighted by molar-refractivity contribution is -0.131. The molecule has 2 rings (SSSR count). The molecule has 0 bridgehead atoms. The Morgan fingerprint density at radius 3 is 3.11 bits per heavy atom. The number of hydrogen-bond donors (Lipinski definition) is 2. The number of aliphatic carboxylic acids is 1. The van der Waals surface area contributed by atoms with Crippen LogP contribution in [0.3, 0.4) is 0 Å². The van der Waals surface area contributed by atoms with Crippen molar-refractivity contribution in [1.29, 1.82) is 0 Å². The van der Waals surface area contributed by atoms with Crippen LogP contribution in [0, 0.1) is 0 Å². The van der Waals surface area contributed by atoms with E-state index in [0.717, 1.165) is 43.4 Å². The van der Waals surface area contributed by atoms with E-state index in [1.807, 2.05) is 12.1 Å². The minimum absolute atomic E-state index is 0.204. The van der Waals surface area contributed by atoms with Gasteiger partial charge in [-0.1, -0.05) is 0 Å². The number of carboxylic acid groups (broad SMARTS) is 1. The quantitative estimate of drug-likeness (QED) is 0.817. The van der Waals surface area contributed by atoms with Crippen molar-refractivity contribution < 1.29 is 15.0 Å². The molecule has 0 amide bonds. The van der Waals surface area contributed by atoms with Gasteiger partial charge in [-0.25, -0.2) is 4.79 Å². The number of likely N-dealkylation sites (tertiary alicyclic amines) is 1.